The second-order valence-electron chi connectivity index (χ2n) is 4.07. The number of alkyl halides is 1. The molecule has 1 N–H and O–H groups in total. The predicted octanol–water partition coefficient (Wildman–Crippen LogP) is 2.86. The van der Waals surface area contributed by atoms with Crippen LogP contribution in [-0.2, 0) is 10.0 Å². The van der Waals surface area contributed by atoms with Crippen LogP contribution in [-0.4, -0.2) is 25.0 Å². The molecule has 1 aromatic carbocycles. The normalized spacial score (nSPS) is 13.0. The van der Waals surface area contributed by atoms with Crippen molar-refractivity contribution in [1.29, 1.82) is 0 Å². The zero-order chi connectivity index (χ0) is 14.6. The number of benzene rings is 1. The fourth-order valence-corrected chi connectivity index (χ4v) is 3.22. The number of rotatable bonds is 6. The van der Waals surface area contributed by atoms with Crippen LogP contribution < -0.4 is 4.72 Å². The summed E-state index contributed by atoms with van der Waals surface area (Å²) in [7, 11) is -3.60. The van der Waals surface area contributed by atoms with Gasteiger partial charge >= 0.3 is 0 Å². The van der Waals surface area contributed by atoms with E-state index in [9.17, 15) is 18.5 Å². The molecule has 9 heteroatoms. The van der Waals surface area contributed by atoms with Gasteiger partial charge in [0.05, 0.1) is 16.4 Å². The Hall–Kier alpha value is -1.05. The van der Waals surface area contributed by atoms with Gasteiger partial charge in [-0.1, -0.05) is 18.5 Å². The maximum absolute atomic E-state index is 11.8. The molecule has 1 atom stereocenters. The highest BCUT2D eigenvalue weighted by Gasteiger charge is 2.18. The van der Waals surface area contributed by atoms with Crippen molar-refractivity contribution >= 4 is 44.6 Å². The summed E-state index contributed by atoms with van der Waals surface area (Å²) in [5.74, 6) is -0.171. The molecule has 0 radical (unpaired) electrons. The Labute approximate surface area is 120 Å². The summed E-state index contributed by atoms with van der Waals surface area (Å²) >= 11 is 11.2. The lowest BCUT2D eigenvalue weighted by Gasteiger charge is -2.11. The number of sulfonamides is 1. The first kappa shape index (κ1) is 16.0. The number of nitro benzene ring substituents is 1. The Morgan fingerprint density at radius 3 is 2.63 bits per heavy atom. The van der Waals surface area contributed by atoms with Crippen molar-refractivity contribution in [2.45, 2.75) is 6.92 Å². The number of anilines is 1. The van der Waals surface area contributed by atoms with E-state index in [2.05, 4.69) is 4.72 Å². The van der Waals surface area contributed by atoms with Gasteiger partial charge in [0.25, 0.3) is 5.69 Å². The second kappa shape index (κ2) is 6.40. The molecule has 0 spiro atoms. The van der Waals surface area contributed by atoms with Gasteiger partial charge in [0.15, 0.2) is 0 Å². The van der Waals surface area contributed by atoms with Crippen molar-refractivity contribution in [2.75, 3.05) is 16.4 Å². The molecule has 0 aliphatic carbocycles. The van der Waals surface area contributed by atoms with E-state index >= 15 is 0 Å². The van der Waals surface area contributed by atoms with Crippen molar-refractivity contribution < 1.29 is 13.3 Å². The van der Waals surface area contributed by atoms with Gasteiger partial charge in [-0.2, -0.15) is 0 Å². The number of hydrogen-bond acceptors (Lipinski definition) is 4. The Balaban J connectivity index is 2.94. The van der Waals surface area contributed by atoms with Gasteiger partial charge in [0.1, 0.15) is 5.02 Å². The van der Waals surface area contributed by atoms with Crippen LogP contribution in [0.25, 0.3) is 0 Å². The van der Waals surface area contributed by atoms with E-state index in [0.717, 1.165) is 6.07 Å². The van der Waals surface area contributed by atoms with E-state index < -0.39 is 14.9 Å². The average molecular weight is 327 g/mol. The van der Waals surface area contributed by atoms with Gasteiger partial charge < -0.3 is 0 Å². The highest BCUT2D eigenvalue weighted by atomic mass is 35.5. The molecular weight excluding hydrogens is 315 g/mol. The quantitative estimate of drug-likeness (QED) is 0.494. The first-order valence-electron chi connectivity index (χ1n) is 5.25. The van der Waals surface area contributed by atoms with Crippen molar-refractivity contribution in [3.05, 3.63) is 33.3 Å². The van der Waals surface area contributed by atoms with Crippen LogP contribution in [0.2, 0.25) is 5.02 Å². The summed E-state index contributed by atoms with van der Waals surface area (Å²) in [6.45, 7) is 1.69. The van der Waals surface area contributed by atoms with Crippen molar-refractivity contribution in [1.82, 2.24) is 0 Å². The van der Waals surface area contributed by atoms with Gasteiger partial charge in [-0.15, -0.1) is 11.6 Å². The van der Waals surface area contributed by atoms with Gasteiger partial charge in [-0.3, -0.25) is 14.8 Å². The lowest BCUT2D eigenvalue weighted by atomic mass is 10.3. The first-order chi connectivity index (χ1) is 8.75. The summed E-state index contributed by atoms with van der Waals surface area (Å²) in [4.78, 5) is 10.0. The number of nitrogens with one attached hydrogen (secondary N) is 1. The zero-order valence-electron chi connectivity index (χ0n) is 9.97. The molecule has 1 unspecified atom stereocenters. The summed E-state index contributed by atoms with van der Waals surface area (Å²) in [6.07, 6.45) is 0. The maximum Gasteiger partial charge on any atom is 0.289 e. The molecule has 0 aromatic heterocycles. The Bertz CT molecular complexity index is 577. The Morgan fingerprint density at radius 1 is 1.47 bits per heavy atom. The molecule has 0 aliphatic heterocycles. The lowest BCUT2D eigenvalue weighted by molar-refractivity contribution is -0.384. The lowest BCUT2D eigenvalue weighted by Crippen LogP contribution is -2.22. The number of hydrogen-bond donors (Lipinski definition) is 1. The van der Waals surface area contributed by atoms with E-state index in [-0.39, 0.29) is 33.9 Å². The average Bonchev–Trinajstić information content (AvgIpc) is 2.30. The zero-order valence-corrected chi connectivity index (χ0v) is 12.3. The standard InChI is InChI=1S/C10H12Cl2N2O4S/c1-7(5-11)6-19(17,18)13-8-2-3-9(12)10(4-8)14(15)16/h2-4,7,13H,5-6H2,1H3. The predicted molar refractivity (Wildman–Crippen MR) is 75.4 cm³/mol. The van der Waals surface area contributed by atoms with Gasteiger partial charge in [0.2, 0.25) is 10.0 Å². The number of nitrogens with zero attached hydrogens (tertiary/aromatic N) is 1. The van der Waals surface area contributed by atoms with Crippen molar-refractivity contribution in [3.63, 3.8) is 0 Å². The smallest absolute Gasteiger partial charge is 0.283 e. The minimum atomic E-state index is -3.60. The van der Waals surface area contributed by atoms with Crippen LogP contribution in [0.3, 0.4) is 0 Å². The van der Waals surface area contributed by atoms with Gasteiger partial charge in [-0.25, -0.2) is 8.42 Å². The van der Waals surface area contributed by atoms with E-state index in [1.54, 1.807) is 6.92 Å². The van der Waals surface area contributed by atoms with Crippen LogP contribution >= 0.6 is 23.2 Å². The van der Waals surface area contributed by atoms with E-state index in [1.165, 1.54) is 12.1 Å². The topological polar surface area (TPSA) is 89.3 Å². The molecular formula is C10H12Cl2N2O4S. The van der Waals surface area contributed by atoms with Crippen molar-refractivity contribution in [2.24, 2.45) is 5.92 Å². The summed E-state index contributed by atoms with van der Waals surface area (Å²) in [6, 6.07) is 3.70. The fraction of sp³-hybridized carbons (Fsp3) is 0.400. The summed E-state index contributed by atoms with van der Waals surface area (Å²) in [5, 5.41) is 10.6. The molecule has 6 nitrogen and oxygen atoms in total. The monoisotopic (exact) mass is 326 g/mol. The Kier molecular flexibility index (Phi) is 5.39. The summed E-state index contributed by atoms with van der Waals surface area (Å²) < 4.78 is 25.8. The molecule has 106 valence electrons. The van der Waals surface area contributed by atoms with Gasteiger partial charge in [-0.05, 0) is 18.1 Å². The molecule has 19 heavy (non-hydrogen) atoms. The second-order valence-corrected chi connectivity index (χ2v) is 6.55. The third-order valence-corrected chi connectivity index (χ3v) is 4.58. The molecule has 0 heterocycles. The Morgan fingerprint density at radius 2 is 2.11 bits per heavy atom. The molecule has 1 rings (SSSR count). The highest BCUT2D eigenvalue weighted by molar-refractivity contribution is 7.92. The first-order valence-corrected chi connectivity index (χ1v) is 7.82. The van der Waals surface area contributed by atoms with Gasteiger partial charge in [0, 0.05) is 11.9 Å². The third-order valence-electron chi connectivity index (χ3n) is 2.18. The molecule has 0 amide bonds. The largest absolute Gasteiger partial charge is 0.289 e. The summed E-state index contributed by atoms with van der Waals surface area (Å²) in [5.41, 5.74) is -0.259. The van der Waals surface area contributed by atoms with Crippen LogP contribution in [0.4, 0.5) is 11.4 Å². The highest BCUT2D eigenvalue weighted by Crippen LogP contribution is 2.27. The minimum absolute atomic E-state index is 0.0536. The molecule has 0 bridgehead atoms. The molecule has 0 saturated carbocycles. The van der Waals surface area contributed by atoms with Crippen LogP contribution in [0.5, 0.6) is 0 Å². The van der Waals surface area contributed by atoms with Crippen molar-refractivity contribution in [3.8, 4) is 0 Å². The molecule has 0 fully saturated rings. The molecule has 1 aromatic rings. The maximum atomic E-state index is 11.8. The molecule has 0 aliphatic rings. The number of halogens is 2. The third kappa shape index (κ3) is 4.85. The van der Waals surface area contributed by atoms with E-state index in [1.807, 2.05) is 0 Å². The number of nitro groups is 1. The minimum Gasteiger partial charge on any atom is -0.283 e. The van der Waals surface area contributed by atoms with Crippen LogP contribution in [0.15, 0.2) is 18.2 Å². The SMILES string of the molecule is CC(CCl)CS(=O)(=O)Nc1ccc(Cl)c([N+](=O)[O-])c1. The fourth-order valence-electron chi connectivity index (χ4n) is 1.36. The van der Waals surface area contributed by atoms with Crippen LogP contribution in [0, 0.1) is 16.0 Å². The van der Waals surface area contributed by atoms with Crippen LogP contribution in [0.1, 0.15) is 6.92 Å². The van der Waals surface area contributed by atoms with E-state index in [0.29, 0.717) is 0 Å². The molecule has 0 saturated heterocycles. The van der Waals surface area contributed by atoms with E-state index in [4.69, 9.17) is 23.2 Å².